The van der Waals surface area contributed by atoms with E-state index in [1.165, 1.54) is 24.9 Å². The van der Waals surface area contributed by atoms with E-state index in [-0.39, 0.29) is 5.82 Å². The van der Waals surface area contributed by atoms with Gasteiger partial charge in [-0.25, -0.2) is 4.39 Å². The van der Waals surface area contributed by atoms with Crippen molar-refractivity contribution in [3.63, 3.8) is 0 Å². The molecule has 1 heterocycles. The fourth-order valence-corrected chi connectivity index (χ4v) is 2.83. The minimum atomic E-state index is -0.138. The molecule has 3 heteroatoms. The third-order valence-electron chi connectivity index (χ3n) is 4.06. The zero-order chi connectivity index (χ0) is 13.7. The maximum Gasteiger partial charge on any atom is 0.123 e. The van der Waals surface area contributed by atoms with Gasteiger partial charge in [0.25, 0.3) is 0 Å². The van der Waals surface area contributed by atoms with Crippen LogP contribution in [0.15, 0.2) is 18.2 Å². The van der Waals surface area contributed by atoms with Crippen molar-refractivity contribution in [2.75, 3.05) is 26.2 Å². The van der Waals surface area contributed by atoms with Gasteiger partial charge in [0.15, 0.2) is 0 Å². The Morgan fingerprint density at radius 3 is 2.89 bits per heavy atom. The first-order valence-electron chi connectivity index (χ1n) is 7.37. The number of rotatable bonds is 5. The van der Waals surface area contributed by atoms with Crippen LogP contribution in [0.1, 0.15) is 30.9 Å². The van der Waals surface area contributed by atoms with Crippen molar-refractivity contribution >= 4 is 0 Å². The van der Waals surface area contributed by atoms with Crippen LogP contribution in [-0.4, -0.2) is 31.1 Å². The molecule has 0 spiro atoms. The molecule has 1 atom stereocenters. The average Bonchev–Trinajstić information content (AvgIpc) is 2.42. The molecule has 1 aromatic rings. The number of nitrogens with zero attached hydrogens (tertiary/aromatic N) is 1. The fourth-order valence-electron chi connectivity index (χ4n) is 2.83. The highest BCUT2D eigenvalue weighted by Gasteiger charge is 2.16. The van der Waals surface area contributed by atoms with E-state index in [1.807, 2.05) is 13.0 Å². The Morgan fingerprint density at radius 1 is 1.42 bits per heavy atom. The molecule has 1 unspecified atom stereocenters. The maximum absolute atomic E-state index is 13.1. The van der Waals surface area contributed by atoms with Crippen LogP contribution in [0.25, 0.3) is 0 Å². The van der Waals surface area contributed by atoms with Crippen molar-refractivity contribution in [2.45, 2.75) is 33.2 Å². The van der Waals surface area contributed by atoms with E-state index < -0.39 is 0 Å². The first-order valence-corrected chi connectivity index (χ1v) is 7.37. The molecule has 1 aromatic carbocycles. The van der Waals surface area contributed by atoms with Crippen LogP contribution < -0.4 is 5.32 Å². The molecular weight excluding hydrogens is 239 g/mol. The van der Waals surface area contributed by atoms with Crippen molar-refractivity contribution in [3.05, 3.63) is 35.1 Å². The summed E-state index contributed by atoms with van der Waals surface area (Å²) in [6.07, 6.45) is 2.61. The van der Waals surface area contributed by atoms with Crippen molar-refractivity contribution in [1.29, 1.82) is 0 Å². The summed E-state index contributed by atoms with van der Waals surface area (Å²) in [5, 5.41) is 3.47. The molecule has 0 amide bonds. The first kappa shape index (κ1) is 14.5. The van der Waals surface area contributed by atoms with Gasteiger partial charge in [-0.15, -0.1) is 0 Å². The number of halogens is 1. The minimum Gasteiger partial charge on any atom is -0.316 e. The third-order valence-corrected chi connectivity index (χ3v) is 4.06. The normalized spacial score (nSPS) is 19.9. The predicted molar refractivity (Wildman–Crippen MR) is 77.7 cm³/mol. The van der Waals surface area contributed by atoms with E-state index in [1.54, 1.807) is 12.1 Å². The summed E-state index contributed by atoms with van der Waals surface area (Å²) in [5.74, 6) is 0.621. The summed E-state index contributed by atoms with van der Waals surface area (Å²) >= 11 is 0. The van der Waals surface area contributed by atoms with Gasteiger partial charge in [-0.05, 0) is 68.6 Å². The lowest BCUT2D eigenvalue weighted by Crippen LogP contribution is -2.38. The van der Waals surface area contributed by atoms with Gasteiger partial charge in [0.2, 0.25) is 0 Å². The number of benzene rings is 1. The van der Waals surface area contributed by atoms with Crippen LogP contribution in [-0.2, 0) is 6.54 Å². The molecule has 19 heavy (non-hydrogen) atoms. The lowest BCUT2D eigenvalue weighted by Gasteiger charge is -2.29. The first-order chi connectivity index (χ1) is 9.19. The largest absolute Gasteiger partial charge is 0.316 e. The molecule has 0 aliphatic carbocycles. The molecule has 106 valence electrons. The monoisotopic (exact) mass is 264 g/mol. The Balaban J connectivity index is 1.94. The molecular formula is C16H25FN2. The number of hydrogen-bond donors (Lipinski definition) is 1. The van der Waals surface area contributed by atoms with Gasteiger partial charge in [-0.1, -0.05) is 13.0 Å². The Kier molecular flexibility index (Phi) is 5.34. The molecule has 0 saturated carbocycles. The van der Waals surface area contributed by atoms with Crippen LogP contribution in [0.5, 0.6) is 0 Å². The second kappa shape index (κ2) is 7.01. The Morgan fingerprint density at radius 2 is 2.26 bits per heavy atom. The van der Waals surface area contributed by atoms with E-state index in [2.05, 4.69) is 17.1 Å². The van der Waals surface area contributed by atoms with E-state index in [0.717, 1.165) is 37.7 Å². The second-order valence-electron chi connectivity index (χ2n) is 5.61. The Hall–Kier alpha value is -0.930. The minimum absolute atomic E-state index is 0.138. The van der Waals surface area contributed by atoms with Crippen LogP contribution in [0.2, 0.25) is 0 Å². The van der Waals surface area contributed by atoms with Crippen molar-refractivity contribution in [3.8, 4) is 0 Å². The quantitative estimate of drug-likeness (QED) is 0.879. The predicted octanol–water partition coefficient (Wildman–Crippen LogP) is 2.96. The lowest BCUT2D eigenvalue weighted by atomic mass is 9.98. The SMILES string of the molecule is CCN(Cc1ccc(F)cc1C)CC1CCCNC1. The van der Waals surface area contributed by atoms with Gasteiger partial charge in [0.1, 0.15) is 5.82 Å². The number of nitrogens with one attached hydrogen (secondary N) is 1. The van der Waals surface area contributed by atoms with E-state index in [0.29, 0.717) is 0 Å². The molecule has 1 aliphatic rings. The zero-order valence-electron chi connectivity index (χ0n) is 12.1. The third kappa shape index (κ3) is 4.29. The zero-order valence-corrected chi connectivity index (χ0v) is 12.1. The molecule has 1 N–H and O–H groups in total. The van der Waals surface area contributed by atoms with Gasteiger partial charge in [-0.2, -0.15) is 0 Å². The highest BCUT2D eigenvalue weighted by Crippen LogP contribution is 2.16. The summed E-state index contributed by atoms with van der Waals surface area (Å²) in [7, 11) is 0. The van der Waals surface area contributed by atoms with Crippen LogP contribution in [0, 0.1) is 18.7 Å². The summed E-state index contributed by atoms with van der Waals surface area (Å²) in [6, 6.07) is 5.12. The van der Waals surface area contributed by atoms with E-state index in [9.17, 15) is 4.39 Å². The molecule has 1 aliphatic heterocycles. The van der Waals surface area contributed by atoms with E-state index >= 15 is 0 Å². The van der Waals surface area contributed by atoms with Gasteiger partial charge < -0.3 is 5.32 Å². The van der Waals surface area contributed by atoms with Gasteiger partial charge >= 0.3 is 0 Å². The Labute approximate surface area is 116 Å². The van der Waals surface area contributed by atoms with E-state index in [4.69, 9.17) is 0 Å². The molecule has 1 saturated heterocycles. The number of piperidine rings is 1. The molecule has 0 bridgehead atoms. The highest BCUT2D eigenvalue weighted by atomic mass is 19.1. The van der Waals surface area contributed by atoms with Gasteiger partial charge in [0, 0.05) is 13.1 Å². The maximum atomic E-state index is 13.1. The number of hydrogen-bond acceptors (Lipinski definition) is 2. The highest BCUT2D eigenvalue weighted by molar-refractivity contribution is 5.26. The topological polar surface area (TPSA) is 15.3 Å². The van der Waals surface area contributed by atoms with Crippen molar-refractivity contribution < 1.29 is 4.39 Å². The Bertz CT molecular complexity index is 400. The fraction of sp³-hybridized carbons (Fsp3) is 0.625. The molecule has 0 radical (unpaired) electrons. The molecule has 2 nitrogen and oxygen atoms in total. The molecule has 1 fully saturated rings. The summed E-state index contributed by atoms with van der Waals surface area (Å²) < 4.78 is 13.1. The summed E-state index contributed by atoms with van der Waals surface area (Å²) in [6.45, 7) is 9.62. The standard InChI is InChI=1S/C16H25FN2/c1-3-19(11-14-5-4-8-18-10-14)12-15-6-7-16(17)9-13(15)2/h6-7,9,14,18H,3-5,8,10-12H2,1-2H3. The lowest BCUT2D eigenvalue weighted by molar-refractivity contribution is 0.209. The van der Waals surface area contributed by atoms with Crippen LogP contribution >= 0.6 is 0 Å². The molecule has 2 rings (SSSR count). The van der Waals surface area contributed by atoms with Crippen molar-refractivity contribution in [2.24, 2.45) is 5.92 Å². The average molecular weight is 264 g/mol. The van der Waals surface area contributed by atoms with Crippen molar-refractivity contribution in [1.82, 2.24) is 10.2 Å². The number of aryl methyl sites for hydroxylation is 1. The smallest absolute Gasteiger partial charge is 0.123 e. The van der Waals surface area contributed by atoms with Gasteiger partial charge in [-0.3, -0.25) is 4.90 Å². The molecule has 0 aromatic heterocycles. The summed E-state index contributed by atoms with van der Waals surface area (Å²) in [4.78, 5) is 2.47. The second-order valence-corrected chi connectivity index (χ2v) is 5.61. The van der Waals surface area contributed by atoms with Crippen LogP contribution in [0.4, 0.5) is 4.39 Å². The van der Waals surface area contributed by atoms with Gasteiger partial charge in [0.05, 0.1) is 0 Å². The summed E-state index contributed by atoms with van der Waals surface area (Å²) in [5.41, 5.74) is 2.30. The van der Waals surface area contributed by atoms with Crippen LogP contribution in [0.3, 0.4) is 0 Å².